The number of halogens is 3. The van der Waals surface area contributed by atoms with Gasteiger partial charge in [-0.25, -0.2) is 0 Å². The van der Waals surface area contributed by atoms with E-state index >= 15 is 0 Å². The monoisotopic (exact) mass is 237 g/mol. The largest absolute Gasteiger partial charge is 0.339 e. The molecule has 0 saturated carbocycles. The van der Waals surface area contributed by atoms with Gasteiger partial charge in [-0.15, -0.1) is 0 Å². The number of benzene rings is 1. The minimum atomic E-state index is -0.592. The summed E-state index contributed by atoms with van der Waals surface area (Å²) in [4.78, 5) is 10.4. The SMILES string of the molecule is O=C(Cl)NCc1ccc(Cl)c(Cl)c1. The molecular formula is C8H6Cl3NO. The van der Waals surface area contributed by atoms with E-state index in [1.165, 1.54) is 0 Å². The fourth-order valence-electron chi connectivity index (χ4n) is 0.821. The fraction of sp³-hybridized carbons (Fsp3) is 0.125. The lowest BCUT2D eigenvalue weighted by atomic mass is 10.2. The van der Waals surface area contributed by atoms with Crippen LogP contribution in [0, 0.1) is 0 Å². The summed E-state index contributed by atoms with van der Waals surface area (Å²) in [6.45, 7) is 0.346. The standard InChI is InChI=1S/C8H6Cl3NO/c9-6-2-1-5(3-7(6)10)4-12-8(11)13/h1-3H,4H2,(H,12,13). The third-order valence-electron chi connectivity index (χ3n) is 1.42. The molecule has 13 heavy (non-hydrogen) atoms. The molecule has 2 nitrogen and oxygen atoms in total. The number of hydrogen-bond acceptors (Lipinski definition) is 1. The van der Waals surface area contributed by atoms with Gasteiger partial charge in [-0.05, 0) is 29.3 Å². The highest BCUT2D eigenvalue weighted by atomic mass is 35.5. The normalized spacial score (nSPS) is 9.77. The van der Waals surface area contributed by atoms with Gasteiger partial charge in [0.2, 0.25) is 0 Å². The maximum atomic E-state index is 10.4. The molecule has 0 aliphatic rings. The van der Waals surface area contributed by atoms with Gasteiger partial charge in [0.1, 0.15) is 0 Å². The maximum Gasteiger partial charge on any atom is 0.314 e. The summed E-state index contributed by atoms with van der Waals surface area (Å²) < 4.78 is 0. The van der Waals surface area contributed by atoms with Crippen molar-refractivity contribution in [2.45, 2.75) is 6.54 Å². The minimum absolute atomic E-state index is 0.346. The highest BCUT2D eigenvalue weighted by Gasteiger charge is 2.00. The molecule has 0 bridgehead atoms. The van der Waals surface area contributed by atoms with Gasteiger partial charge in [0.05, 0.1) is 10.0 Å². The third kappa shape index (κ3) is 3.43. The van der Waals surface area contributed by atoms with E-state index in [-0.39, 0.29) is 0 Å². The second-order valence-electron chi connectivity index (χ2n) is 2.38. The summed E-state index contributed by atoms with van der Waals surface area (Å²) in [5.74, 6) is 0. The van der Waals surface area contributed by atoms with Crippen LogP contribution < -0.4 is 5.32 Å². The predicted molar refractivity (Wildman–Crippen MR) is 54.6 cm³/mol. The molecule has 1 amide bonds. The van der Waals surface area contributed by atoms with Gasteiger partial charge < -0.3 is 5.32 Å². The van der Waals surface area contributed by atoms with E-state index in [0.717, 1.165) is 5.56 Å². The number of carbonyl (C=O) groups is 1. The van der Waals surface area contributed by atoms with Crippen molar-refractivity contribution in [1.82, 2.24) is 5.32 Å². The molecule has 1 aromatic carbocycles. The fourth-order valence-corrected chi connectivity index (χ4v) is 1.21. The molecule has 1 aromatic rings. The van der Waals surface area contributed by atoms with Crippen molar-refractivity contribution >= 4 is 40.2 Å². The van der Waals surface area contributed by atoms with Crippen molar-refractivity contribution in [2.24, 2.45) is 0 Å². The smallest absolute Gasteiger partial charge is 0.314 e. The molecule has 0 aromatic heterocycles. The van der Waals surface area contributed by atoms with Crippen LogP contribution in [0.4, 0.5) is 4.79 Å². The van der Waals surface area contributed by atoms with Crippen LogP contribution in [-0.2, 0) is 6.54 Å². The number of rotatable bonds is 2. The van der Waals surface area contributed by atoms with Crippen LogP contribution >= 0.6 is 34.8 Å². The Morgan fingerprint density at radius 3 is 2.54 bits per heavy atom. The Hall–Kier alpha value is -0.440. The van der Waals surface area contributed by atoms with E-state index in [2.05, 4.69) is 5.32 Å². The molecule has 1 N–H and O–H groups in total. The van der Waals surface area contributed by atoms with Crippen LogP contribution in [0.2, 0.25) is 10.0 Å². The van der Waals surface area contributed by atoms with Crippen LogP contribution in [0.15, 0.2) is 18.2 Å². The highest BCUT2D eigenvalue weighted by Crippen LogP contribution is 2.22. The molecule has 0 fully saturated rings. The molecule has 0 saturated heterocycles. The van der Waals surface area contributed by atoms with Crippen molar-refractivity contribution in [1.29, 1.82) is 0 Å². The van der Waals surface area contributed by atoms with Gasteiger partial charge in [-0.3, -0.25) is 4.79 Å². The molecular weight excluding hydrogens is 232 g/mol. The van der Waals surface area contributed by atoms with Crippen LogP contribution in [0.1, 0.15) is 5.56 Å². The third-order valence-corrected chi connectivity index (χ3v) is 2.29. The number of nitrogens with one attached hydrogen (secondary N) is 1. The second-order valence-corrected chi connectivity index (χ2v) is 3.53. The quantitative estimate of drug-likeness (QED) is 0.621. The van der Waals surface area contributed by atoms with E-state index in [9.17, 15) is 4.79 Å². The first-order valence-corrected chi connectivity index (χ1v) is 4.60. The van der Waals surface area contributed by atoms with E-state index in [0.29, 0.717) is 16.6 Å². The Labute approximate surface area is 90.8 Å². The number of hydrogen-bond donors (Lipinski definition) is 1. The second kappa shape index (κ2) is 4.70. The van der Waals surface area contributed by atoms with Gasteiger partial charge in [-0.2, -0.15) is 0 Å². The Morgan fingerprint density at radius 2 is 2.00 bits per heavy atom. The van der Waals surface area contributed by atoms with Crippen LogP contribution in [0.5, 0.6) is 0 Å². The molecule has 1 rings (SSSR count). The van der Waals surface area contributed by atoms with Crippen LogP contribution in [0.25, 0.3) is 0 Å². The first-order valence-electron chi connectivity index (χ1n) is 3.47. The van der Waals surface area contributed by atoms with Gasteiger partial charge in [0.25, 0.3) is 0 Å². The molecule has 0 heterocycles. The Balaban J connectivity index is 2.68. The molecule has 0 aliphatic carbocycles. The van der Waals surface area contributed by atoms with E-state index in [4.69, 9.17) is 34.8 Å². The molecule has 0 aliphatic heterocycles. The predicted octanol–water partition coefficient (Wildman–Crippen LogP) is 3.44. The zero-order chi connectivity index (χ0) is 9.84. The molecule has 5 heteroatoms. The van der Waals surface area contributed by atoms with Crippen LogP contribution in [-0.4, -0.2) is 5.37 Å². The van der Waals surface area contributed by atoms with E-state index < -0.39 is 5.37 Å². The Bertz CT molecular complexity index is 327. The summed E-state index contributed by atoms with van der Waals surface area (Å²) in [6.07, 6.45) is 0. The summed E-state index contributed by atoms with van der Waals surface area (Å²) in [5, 5.41) is 2.79. The average molecular weight is 239 g/mol. The maximum absolute atomic E-state index is 10.4. The highest BCUT2D eigenvalue weighted by molar-refractivity contribution is 6.62. The van der Waals surface area contributed by atoms with Gasteiger partial charge in [-0.1, -0.05) is 29.3 Å². The topological polar surface area (TPSA) is 29.1 Å². The Morgan fingerprint density at radius 1 is 1.31 bits per heavy atom. The Kier molecular flexibility index (Phi) is 3.85. The molecule has 0 spiro atoms. The molecule has 0 unspecified atom stereocenters. The van der Waals surface area contributed by atoms with Gasteiger partial charge >= 0.3 is 5.37 Å². The summed E-state index contributed by atoms with van der Waals surface area (Å²) in [6, 6.07) is 5.11. The lowest BCUT2D eigenvalue weighted by Gasteiger charge is -2.02. The van der Waals surface area contributed by atoms with Gasteiger partial charge in [0, 0.05) is 6.54 Å². The molecule has 70 valence electrons. The van der Waals surface area contributed by atoms with Crippen molar-refractivity contribution in [3.63, 3.8) is 0 Å². The van der Waals surface area contributed by atoms with E-state index in [1.807, 2.05) is 0 Å². The van der Waals surface area contributed by atoms with Crippen molar-refractivity contribution in [3.8, 4) is 0 Å². The number of amides is 1. The van der Waals surface area contributed by atoms with Crippen LogP contribution in [0.3, 0.4) is 0 Å². The minimum Gasteiger partial charge on any atom is -0.339 e. The van der Waals surface area contributed by atoms with Crippen molar-refractivity contribution < 1.29 is 4.79 Å². The average Bonchev–Trinajstić information content (AvgIpc) is 2.07. The summed E-state index contributed by atoms with van der Waals surface area (Å²) in [7, 11) is 0. The first kappa shape index (κ1) is 10.6. The molecule has 0 atom stereocenters. The first-order chi connectivity index (χ1) is 6.09. The number of carbonyl (C=O) groups excluding carboxylic acids is 1. The molecule has 0 radical (unpaired) electrons. The summed E-state index contributed by atoms with van der Waals surface area (Å²) in [5.41, 5.74) is 0.850. The van der Waals surface area contributed by atoms with Crippen molar-refractivity contribution in [3.05, 3.63) is 33.8 Å². The zero-order valence-corrected chi connectivity index (χ0v) is 8.75. The lowest BCUT2D eigenvalue weighted by Crippen LogP contribution is -2.15. The zero-order valence-electron chi connectivity index (χ0n) is 6.48. The van der Waals surface area contributed by atoms with Gasteiger partial charge in [0.15, 0.2) is 0 Å². The van der Waals surface area contributed by atoms with E-state index in [1.54, 1.807) is 18.2 Å². The summed E-state index contributed by atoms with van der Waals surface area (Å²) >= 11 is 16.5. The van der Waals surface area contributed by atoms with Crippen molar-refractivity contribution in [2.75, 3.05) is 0 Å². The lowest BCUT2D eigenvalue weighted by molar-refractivity contribution is 0.259.